The molecule has 0 N–H and O–H groups in total. The summed E-state index contributed by atoms with van der Waals surface area (Å²) < 4.78 is 26.0. The van der Waals surface area contributed by atoms with Gasteiger partial charge in [0.05, 0.1) is 0 Å². The van der Waals surface area contributed by atoms with Crippen molar-refractivity contribution in [3.8, 4) is 11.4 Å². The average Bonchev–Trinajstić information content (AvgIpc) is 2.32. The Morgan fingerprint density at radius 2 is 1.89 bits per heavy atom. The van der Waals surface area contributed by atoms with Gasteiger partial charge in [0.25, 0.3) is 0 Å². The Morgan fingerprint density at radius 3 is 2.44 bits per heavy atom. The topological polar surface area (TPSA) is 25.8 Å². The maximum atomic E-state index is 13.1. The molecule has 0 aliphatic heterocycles. The third-order valence-electron chi connectivity index (χ3n) is 2.69. The molecule has 0 bridgehead atoms. The van der Waals surface area contributed by atoms with E-state index in [4.69, 9.17) is 11.6 Å². The largest absolute Gasteiger partial charge is 0.233 e. The lowest BCUT2D eigenvalue weighted by atomic mass is 10.1. The third-order valence-corrected chi connectivity index (χ3v) is 3.01. The van der Waals surface area contributed by atoms with E-state index in [1.54, 1.807) is 0 Å². The fraction of sp³-hybridized carbons (Fsp3) is 0.231. The van der Waals surface area contributed by atoms with E-state index in [1.807, 2.05) is 13.8 Å². The molecule has 0 amide bonds. The molecule has 2 aromatic rings. The molecule has 0 aliphatic rings. The van der Waals surface area contributed by atoms with Crippen molar-refractivity contribution in [1.29, 1.82) is 0 Å². The molecule has 2 rings (SSSR count). The molecule has 5 heteroatoms. The van der Waals surface area contributed by atoms with Gasteiger partial charge in [0.1, 0.15) is 5.15 Å². The minimum atomic E-state index is -0.926. The quantitative estimate of drug-likeness (QED) is 0.771. The first-order valence-electron chi connectivity index (χ1n) is 5.51. The molecule has 0 saturated heterocycles. The van der Waals surface area contributed by atoms with Gasteiger partial charge in [-0.2, -0.15) is 0 Å². The number of hydrogen-bond acceptors (Lipinski definition) is 2. The Balaban J connectivity index is 2.54. The van der Waals surface area contributed by atoms with E-state index >= 15 is 0 Å². The van der Waals surface area contributed by atoms with Crippen LogP contribution in [-0.2, 0) is 6.42 Å². The number of halogens is 3. The Labute approximate surface area is 109 Å². The second kappa shape index (κ2) is 4.98. The summed E-state index contributed by atoms with van der Waals surface area (Å²) in [6.45, 7) is 3.77. The molecule has 1 aromatic carbocycles. The predicted molar refractivity (Wildman–Crippen MR) is 66.5 cm³/mol. The van der Waals surface area contributed by atoms with Gasteiger partial charge in [0, 0.05) is 16.8 Å². The van der Waals surface area contributed by atoms with Crippen molar-refractivity contribution in [3.63, 3.8) is 0 Å². The van der Waals surface area contributed by atoms with Crippen LogP contribution in [-0.4, -0.2) is 9.97 Å². The van der Waals surface area contributed by atoms with E-state index in [2.05, 4.69) is 9.97 Å². The highest BCUT2D eigenvalue weighted by atomic mass is 35.5. The monoisotopic (exact) mass is 268 g/mol. The van der Waals surface area contributed by atoms with E-state index < -0.39 is 11.6 Å². The number of benzene rings is 1. The van der Waals surface area contributed by atoms with Crippen molar-refractivity contribution >= 4 is 11.6 Å². The molecule has 1 aromatic heterocycles. The molecule has 1 heterocycles. The van der Waals surface area contributed by atoms with Crippen LogP contribution in [0.25, 0.3) is 11.4 Å². The Kier molecular flexibility index (Phi) is 3.57. The van der Waals surface area contributed by atoms with E-state index in [-0.39, 0.29) is 0 Å². The zero-order valence-corrected chi connectivity index (χ0v) is 10.7. The number of nitrogens with zero attached hydrogens (tertiary/aromatic N) is 2. The molecule has 2 nitrogen and oxygen atoms in total. The van der Waals surface area contributed by atoms with Crippen LogP contribution in [0.1, 0.15) is 18.2 Å². The molecule has 0 aliphatic carbocycles. The summed E-state index contributed by atoms with van der Waals surface area (Å²) in [5, 5.41) is 0.352. The molecule has 0 radical (unpaired) electrons. The lowest BCUT2D eigenvalue weighted by molar-refractivity contribution is 0.509. The summed E-state index contributed by atoms with van der Waals surface area (Å²) in [7, 11) is 0. The molecule has 0 fully saturated rings. The summed E-state index contributed by atoms with van der Waals surface area (Å²) in [6, 6.07) is 3.53. The fourth-order valence-corrected chi connectivity index (χ4v) is 2.08. The second-order valence-electron chi connectivity index (χ2n) is 3.88. The first kappa shape index (κ1) is 12.9. The van der Waals surface area contributed by atoms with Gasteiger partial charge in [-0.3, -0.25) is 0 Å². The maximum absolute atomic E-state index is 13.1. The van der Waals surface area contributed by atoms with E-state index in [9.17, 15) is 8.78 Å². The summed E-state index contributed by atoms with van der Waals surface area (Å²) in [6.07, 6.45) is 0.725. The summed E-state index contributed by atoms with van der Waals surface area (Å²) in [5.74, 6) is -1.52. The number of aryl methyl sites for hydroxylation is 1. The molecule has 94 valence electrons. The predicted octanol–water partition coefficient (Wildman–Crippen LogP) is 3.95. The van der Waals surface area contributed by atoms with Crippen LogP contribution in [0, 0.1) is 18.6 Å². The van der Waals surface area contributed by atoms with Crippen LogP contribution in [0.2, 0.25) is 5.15 Å². The third kappa shape index (κ3) is 2.34. The summed E-state index contributed by atoms with van der Waals surface area (Å²) >= 11 is 6.04. The highest BCUT2D eigenvalue weighted by molar-refractivity contribution is 6.30. The normalized spacial score (nSPS) is 10.7. The smallest absolute Gasteiger partial charge is 0.161 e. The second-order valence-corrected chi connectivity index (χ2v) is 4.24. The first-order chi connectivity index (χ1) is 8.52. The standard InChI is InChI=1S/C13H11ClF2N2/c1-3-9-7(2)17-13(18-12(9)14)8-4-5-10(15)11(16)6-8/h4-6H,3H2,1-2H3. The highest BCUT2D eigenvalue weighted by Gasteiger charge is 2.11. The number of aromatic nitrogens is 2. The molecular formula is C13H11ClF2N2. The number of rotatable bonds is 2. The van der Waals surface area contributed by atoms with Gasteiger partial charge in [-0.1, -0.05) is 18.5 Å². The van der Waals surface area contributed by atoms with E-state index in [0.29, 0.717) is 16.5 Å². The summed E-state index contributed by atoms with van der Waals surface area (Å²) in [4.78, 5) is 8.37. The summed E-state index contributed by atoms with van der Waals surface area (Å²) in [5.41, 5.74) is 2.02. The van der Waals surface area contributed by atoms with Crippen LogP contribution in [0.15, 0.2) is 18.2 Å². The Morgan fingerprint density at radius 1 is 1.17 bits per heavy atom. The molecule has 0 atom stereocenters. The Hall–Kier alpha value is -1.55. The molecule has 18 heavy (non-hydrogen) atoms. The van der Waals surface area contributed by atoms with Crippen molar-refractivity contribution in [2.24, 2.45) is 0 Å². The zero-order chi connectivity index (χ0) is 13.3. The van der Waals surface area contributed by atoms with Crippen molar-refractivity contribution in [2.75, 3.05) is 0 Å². The Bertz CT molecular complexity index is 577. The zero-order valence-electron chi connectivity index (χ0n) is 9.97. The van der Waals surface area contributed by atoms with Gasteiger partial charge in [0.15, 0.2) is 17.5 Å². The van der Waals surface area contributed by atoms with Gasteiger partial charge in [0.2, 0.25) is 0 Å². The lowest BCUT2D eigenvalue weighted by Gasteiger charge is -2.08. The van der Waals surface area contributed by atoms with Gasteiger partial charge >= 0.3 is 0 Å². The fourth-order valence-electron chi connectivity index (χ4n) is 1.73. The van der Waals surface area contributed by atoms with E-state index in [1.165, 1.54) is 6.07 Å². The van der Waals surface area contributed by atoms with Gasteiger partial charge in [-0.25, -0.2) is 18.7 Å². The SMILES string of the molecule is CCc1c(C)nc(-c2ccc(F)c(F)c2)nc1Cl. The van der Waals surface area contributed by atoms with Crippen LogP contribution in [0.4, 0.5) is 8.78 Å². The maximum Gasteiger partial charge on any atom is 0.161 e. The van der Waals surface area contributed by atoms with Crippen LogP contribution in [0.3, 0.4) is 0 Å². The minimum absolute atomic E-state index is 0.300. The van der Waals surface area contributed by atoms with Crippen LogP contribution < -0.4 is 0 Å². The van der Waals surface area contributed by atoms with Gasteiger partial charge < -0.3 is 0 Å². The van der Waals surface area contributed by atoms with Gasteiger partial charge in [-0.05, 0) is 31.5 Å². The molecule has 0 spiro atoms. The highest BCUT2D eigenvalue weighted by Crippen LogP contribution is 2.23. The average molecular weight is 269 g/mol. The first-order valence-corrected chi connectivity index (χ1v) is 5.89. The molecular weight excluding hydrogens is 258 g/mol. The molecule has 0 unspecified atom stereocenters. The van der Waals surface area contributed by atoms with Crippen molar-refractivity contribution in [1.82, 2.24) is 9.97 Å². The van der Waals surface area contributed by atoms with Crippen molar-refractivity contribution < 1.29 is 8.78 Å². The van der Waals surface area contributed by atoms with E-state index in [0.717, 1.165) is 29.8 Å². The number of hydrogen-bond donors (Lipinski definition) is 0. The van der Waals surface area contributed by atoms with Crippen molar-refractivity contribution in [2.45, 2.75) is 20.3 Å². The van der Waals surface area contributed by atoms with Crippen LogP contribution >= 0.6 is 11.6 Å². The molecule has 0 saturated carbocycles. The van der Waals surface area contributed by atoms with Crippen molar-refractivity contribution in [3.05, 3.63) is 46.2 Å². The minimum Gasteiger partial charge on any atom is -0.233 e. The van der Waals surface area contributed by atoms with Gasteiger partial charge in [-0.15, -0.1) is 0 Å². The van der Waals surface area contributed by atoms with Crippen LogP contribution in [0.5, 0.6) is 0 Å². The lowest BCUT2D eigenvalue weighted by Crippen LogP contribution is -1.99.